The van der Waals surface area contributed by atoms with E-state index in [1.807, 2.05) is 0 Å². The van der Waals surface area contributed by atoms with Gasteiger partial charge in [0.1, 0.15) is 9.79 Å². The summed E-state index contributed by atoms with van der Waals surface area (Å²) in [6.07, 6.45) is 0. The second-order valence-electron chi connectivity index (χ2n) is 4.58. The first-order valence-electron chi connectivity index (χ1n) is 6.08. The molecule has 10 nitrogen and oxygen atoms in total. The molecule has 0 spiro atoms. The Morgan fingerprint density at radius 3 is 1.92 bits per heavy atom. The second-order valence-corrected chi connectivity index (χ2v) is 7.36. The highest BCUT2D eigenvalue weighted by Gasteiger charge is 2.23. The Hall–Kier alpha value is -2.63. The standard InChI is InChI=1S/C12H10N4O6S2/c13-7-1-3-9(11(5-7)23(17,18)19)10-4-2-8(15-16-14)6-12(10)24(20,21)22/h1-6H,13H2,(H,17,18,19)(H,20,21,22). The maximum Gasteiger partial charge on any atom is 0.295 e. The van der Waals surface area contributed by atoms with Gasteiger partial charge in [-0.15, -0.1) is 0 Å². The van der Waals surface area contributed by atoms with E-state index >= 15 is 0 Å². The third kappa shape index (κ3) is 3.64. The Labute approximate surface area is 136 Å². The first-order valence-corrected chi connectivity index (χ1v) is 8.96. The molecule has 2 rings (SSSR count). The second kappa shape index (κ2) is 6.11. The van der Waals surface area contributed by atoms with Crippen LogP contribution in [0.4, 0.5) is 11.4 Å². The molecule has 0 bridgehead atoms. The number of azide groups is 1. The van der Waals surface area contributed by atoms with Crippen molar-refractivity contribution in [1.29, 1.82) is 0 Å². The summed E-state index contributed by atoms with van der Waals surface area (Å²) in [7, 11) is -9.51. The molecule has 0 atom stereocenters. The Balaban J connectivity index is 2.91. The van der Waals surface area contributed by atoms with Gasteiger partial charge in [-0.3, -0.25) is 9.11 Å². The largest absolute Gasteiger partial charge is 0.399 e. The Morgan fingerprint density at radius 1 is 0.917 bits per heavy atom. The maximum absolute atomic E-state index is 11.6. The summed E-state index contributed by atoms with van der Waals surface area (Å²) >= 11 is 0. The highest BCUT2D eigenvalue weighted by Crippen LogP contribution is 2.35. The van der Waals surface area contributed by atoms with Crippen molar-refractivity contribution >= 4 is 31.6 Å². The molecule has 2 aromatic rings. The quantitative estimate of drug-likeness (QED) is 0.242. The first-order chi connectivity index (χ1) is 11.0. The number of anilines is 1. The van der Waals surface area contributed by atoms with Crippen LogP contribution < -0.4 is 5.73 Å². The van der Waals surface area contributed by atoms with E-state index in [4.69, 9.17) is 11.3 Å². The van der Waals surface area contributed by atoms with Crippen LogP contribution in [0.3, 0.4) is 0 Å². The molecule has 0 unspecified atom stereocenters. The molecule has 0 aliphatic rings. The number of nitrogen functional groups attached to an aromatic ring is 1. The van der Waals surface area contributed by atoms with Gasteiger partial charge in [-0.05, 0) is 23.7 Å². The Morgan fingerprint density at radius 2 is 1.42 bits per heavy atom. The lowest BCUT2D eigenvalue weighted by atomic mass is 10.0. The molecule has 0 aliphatic heterocycles. The summed E-state index contributed by atoms with van der Waals surface area (Å²) in [5.74, 6) is 0. The number of nitrogens with zero attached hydrogens (tertiary/aromatic N) is 3. The maximum atomic E-state index is 11.6. The normalized spacial score (nSPS) is 11.8. The molecule has 0 saturated heterocycles. The van der Waals surface area contributed by atoms with E-state index in [0.29, 0.717) is 0 Å². The van der Waals surface area contributed by atoms with Crippen LogP contribution in [0.1, 0.15) is 0 Å². The zero-order valence-electron chi connectivity index (χ0n) is 11.7. The van der Waals surface area contributed by atoms with Crippen LogP contribution in [0, 0.1) is 0 Å². The molecule has 0 fully saturated rings. The van der Waals surface area contributed by atoms with Gasteiger partial charge in [-0.1, -0.05) is 23.3 Å². The smallest absolute Gasteiger partial charge is 0.295 e. The van der Waals surface area contributed by atoms with Gasteiger partial charge in [-0.2, -0.15) is 16.8 Å². The number of hydrogen-bond acceptors (Lipinski definition) is 6. The molecule has 2 aromatic carbocycles. The minimum atomic E-state index is -4.79. The third-order valence-corrected chi connectivity index (χ3v) is 4.76. The molecular weight excluding hydrogens is 360 g/mol. The van der Waals surface area contributed by atoms with Crippen LogP contribution in [0.2, 0.25) is 0 Å². The fourth-order valence-electron chi connectivity index (χ4n) is 2.04. The highest BCUT2D eigenvalue weighted by molar-refractivity contribution is 7.86. The van der Waals surface area contributed by atoms with Gasteiger partial charge in [0.15, 0.2) is 0 Å². The van der Waals surface area contributed by atoms with Crippen LogP contribution >= 0.6 is 0 Å². The lowest BCUT2D eigenvalue weighted by molar-refractivity contribution is 0.480. The molecule has 0 aromatic heterocycles. The minimum absolute atomic E-state index is 0.0190. The van der Waals surface area contributed by atoms with Crippen molar-refractivity contribution in [2.45, 2.75) is 9.79 Å². The van der Waals surface area contributed by atoms with E-state index in [2.05, 4.69) is 10.0 Å². The van der Waals surface area contributed by atoms with Crippen molar-refractivity contribution in [2.24, 2.45) is 5.11 Å². The van der Waals surface area contributed by atoms with Crippen LogP contribution in [0.25, 0.3) is 21.6 Å². The van der Waals surface area contributed by atoms with Gasteiger partial charge in [0.05, 0.1) is 0 Å². The van der Waals surface area contributed by atoms with E-state index in [9.17, 15) is 25.9 Å². The zero-order chi connectivity index (χ0) is 18.1. The topological polar surface area (TPSA) is 184 Å². The summed E-state index contributed by atoms with van der Waals surface area (Å²) in [4.78, 5) is 1.17. The summed E-state index contributed by atoms with van der Waals surface area (Å²) in [5, 5.41) is 3.22. The molecule has 0 saturated carbocycles. The van der Waals surface area contributed by atoms with E-state index in [-0.39, 0.29) is 22.5 Å². The Bertz CT molecular complexity index is 1070. The number of benzene rings is 2. The summed E-state index contributed by atoms with van der Waals surface area (Å²) in [6.45, 7) is 0. The van der Waals surface area contributed by atoms with Crippen molar-refractivity contribution in [3.05, 3.63) is 46.8 Å². The van der Waals surface area contributed by atoms with Gasteiger partial charge in [0.2, 0.25) is 0 Å². The third-order valence-electron chi connectivity index (χ3n) is 2.98. The molecular formula is C12H10N4O6S2. The van der Waals surface area contributed by atoms with Gasteiger partial charge in [-0.25, -0.2) is 0 Å². The number of nitrogens with two attached hydrogens (primary N) is 1. The predicted octanol–water partition coefficient (Wildman–Crippen LogP) is 2.37. The molecule has 12 heteroatoms. The van der Waals surface area contributed by atoms with Crippen molar-refractivity contribution in [3.8, 4) is 11.1 Å². The molecule has 24 heavy (non-hydrogen) atoms. The van der Waals surface area contributed by atoms with Crippen LogP contribution in [-0.4, -0.2) is 25.9 Å². The molecule has 0 heterocycles. The molecule has 0 aliphatic carbocycles. The van der Waals surface area contributed by atoms with Crippen LogP contribution in [0.15, 0.2) is 51.3 Å². The SMILES string of the molecule is [N-]=[N+]=Nc1ccc(-c2ccc(N)cc2S(=O)(=O)O)c(S(=O)(=O)O)c1. The van der Waals surface area contributed by atoms with Gasteiger partial charge in [0.25, 0.3) is 20.2 Å². The first kappa shape index (κ1) is 17.7. The zero-order valence-corrected chi connectivity index (χ0v) is 13.4. The summed E-state index contributed by atoms with van der Waals surface area (Å²) in [5.41, 5.74) is 13.4. The fraction of sp³-hybridized carbons (Fsp3) is 0. The van der Waals surface area contributed by atoms with E-state index in [0.717, 1.165) is 18.2 Å². The molecule has 126 valence electrons. The Kier molecular flexibility index (Phi) is 4.51. The van der Waals surface area contributed by atoms with Gasteiger partial charge < -0.3 is 5.73 Å². The van der Waals surface area contributed by atoms with Crippen molar-refractivity contribution in [2.75, 3.05) is 5.73 Å². The average molecular weight is 370 g/mol. The van der Waals surface area contributed by atoms with Crippen LogP contribution in [-0.2, 0) is 20.2 Å². The molecule has 4 N–H and O–H groups in total. The van der Waals surface area contributed by atoms with Crippen LogP contribution in [0.5, 0.6) is 0 Å². The molecule has 0 amide bonds. The molecule has 0 radical (unpaired) electrons. The predicted molar refractivity (Wildman–Crippen MR) is 84.7 cm³/mol. The fourth-order valence-corrected chi connectivity index (χ4v) is 3.50. The average Bonchev–Trinajstić information content (AvgIpc) is 2.46. The highest BCUT2D eigenvalue weighted by atomic mass is 32.2. The van der Waals surface area contributed by atoms with Crippen molar-refractivity contribution in [1.82, 2.24) is 0 Å². The summed E-state index contributed by atoms with van der Waals surface area (Å²) in [6, 6.07) is 6.63. The van der Waals surface area contributed by atoms with E-state index in [1.165, 1.54) is 18.2 Å². The van der Waals surface area contributed by atoms with E-state index in [1.54, 1.807) is 0 Å². The monoisotopic (exact) mass is 370 g/mol. The lowest BCUT2D eigenvalue weighted by Crippen LogP contribution is -2.05. The van der Waals surface area contributed by atoms with E-state index < -0.39 is 30.0 Å². The van der Waals surface area contributed by atoms with Gasteiger partial charge in [0, 0.05) is 27.4 Å². The lowest BCUT2D eigenvalue weighted by Gasteiger charge is -2.12. The van der Waals surface area contributed by atoms with Gasteiger partial charge >= 0.3 is 0 Å². The number of hydrogen-bond donors (Lipinski definition) is 3. The van der Waals surface area contributed by atoms with Crippen molar-refractivity contribution < 1.29 is 25.9 Å². The minimum Gasteiger partial charge on any atom is -0.399 e. The summed E-state index contributed by atoms with van der Waals surface area (Å²) < 4.78 is 65.0. The van der Waals surface area contributed by atoms with Crippen molar-refractivity contribution in [3.63, 3.8) is 0 Å². The number of rotatable bonds is 4.